The van der Waals surface area contributed by atoms with E-state index in [4.69, 9.17) is 10.5 Å². The second-order valence-electron chi connectivity index (χ2n) is 6.89. The fourth-order valence-electron chi connectivity index (χ4n) is 3.73. The quantitative estimate of drug-likeness (QED) is 0.925. The fraction of sp³-hybridized carbons (Fsp3) is 0.667. The minimum absolute atomic E-state index is 0.191. The Bertz CT molecular complexity index is 496. The average Bonchev–Trinajstić information content (AvgIpc) is 2.54. The minimum atomic E-state index is -0.950. The lowest BCUT2D eigenvalue weighted by atomic mass is 9.90. The van der Waals surface area contributed by atoms with Crippen LogP contribution in [0.3, 0.4) is 0 Å². The molecule has 0 saturated carbocycles. The van der Waals surface area contributed by atoms with Crippen LogP contribution in [0.4, 0.5) is 8.78 Å². The Kier molecular flexibility index (Phi) is 5.62. The maximum atomic E-state index is 13.7. The zero-order valence-corrected chi connectivity index (χ0v) is 13.5. The number of ether oxygens (including phenoxy) is 1. The summed E-state index contributed by atoms with van der Waals surface area (Å²) in [4.78, 5) is 2.35. The van der Waals surface area contributed by atoms with Crippen LogP contribution in [0.15, 0.2) is 24.3 Å². The van der Waals surface area contributed by atoms with Gasteiger partial charge in [0.2, 0.25) is 0 Å². The first-order chi connectivity index (χ1) is 11.1. The maximum Gasteiger partial charge on any atom is 0.123 e. The normalized spacial score (nSPS) is 32.8. The first-order valence-electron chi connectivity index (χ1n) is 8.60. The molecule has 5 heteroatoms. The summed E-state index contributed by atoms with van der Waals surface area (Å²) in [6.45, 7) is 3.16. The summed E-state index contributed by atoms with van der Waals surface area (Å²) >= 11 is 0. The molecule has 2 heterocycles. The molecule has 128 valence electrons. The Morgan fingerprint density at radius 3 is 2.78 bits per heavy atom. The van der Waals surface area contributed by atoms with Crippen molar-refractivity contribution in [3.05, 3.63) is 35.6 Å². The van der Waals surface area contributed by atoms with E-state index in [0.29, 0.717) is 25.5 Å². The fourth-order valence-corrected chi connectivity index (χ4v) is 3.73. The number of nitrogens with zero attached hydrogens (tertiary/aromatic N) is 1. The van der Waals surface area contributed by atoms with E-state index >= 15 is 0 Å². The summed E-state index contributed by atoms with van der Waals surface area (Å²) in [6.07, 6.45) is 2.52. The van der Waals surface area contributed by atoms with Crippen molar-refractivity contribution >= 4 is 0 Å². The highest BCUT2D eigenvalue weighted by atomic mass is 19.1. The molecule has 0 radical (unpaired) electrons. The van der Waals surface area contributed by atoms with Crippen LogP contribution in [0.25, 0.3) is 0 Å². The topological polar surface area (TPSA) is 38.5 Å². The number of hydrogen-bond donors (Lipinski definition) is 1. The van der Waals surface area contributed by atoms with Crippen LogP contribution in [-0.2, 0) is 11.2 Å². The second kappa shape index (κ2) is 7.69. The summed E-state index contributed by atoms with van der Waals surface area (Å²) in [5, 5.41) is 0. The van der Waals surface area contributed by atoms with Crippen molar-refractivity contribution in [1.82, 2.24) is 4.90 Å². The summed E-state index contributed by atoms with van der Waals surface area (Å²) in [5.74, 6) is 0.360. The molecule has 4 atom stereocenters. The van der Waals surface area contributed by atoms with Gasteiger partial charge < -0.3 is 15.4 Å². The van der Waals surface area contributed by atoms with Gasteiger partial charge in [-0.25, -0.2) is 8.78 Å². The zero-order valence-electron chi connectivity index (χ0n) is 13.5. The van der Waals surface area contributed by atoms with E-state index in [1.54, 1.807) is 0 Å². The largest absolute Gasteiger partial charge is 0.375 e. The van der Waals surface area contributed by atoms with Crippen molar-refractivity contribution in [2.75, 3.05) is 26.2 Å². The van der Waals surface area contributed by atoms with Gasteiger partial charge in [0.1, 0.15) is 12.0 Å². The predicted octanol–water partition coefficient (Wildman–Crippen LogP) is 2.53. The molecule has 23 heavy (non-hydrogen) atoms. The smallest absolute Gasteiger partial charge is 0.123 e. The molecule has 0 aliphatic carbocycles. The molecular weight excluding hydrogens is 298 g/mol. The van der Waals surface area contributed by atoms with E-state index < -0.39 is 12.2 Å². The van der Waals surface area contributed by atoms with Gasteiger partial charge in [0.25, 0.3) is 0 Å². The van der Waals surface area contributed by atoms with Crippen molar-refractivity contribution in [2.24, 2.45) is 11.7 Å². The molecule has 2 aliphatic heterocycles. The van der Waals surface area contributed by atoms with Crippen LogP contribution >= 0.6 is 0 Å². The Hall–Kier alpha value is -1.04. The molecular formula is C18H26F2N2O. The van der Waals surface area contributed by atoms with Gasteiger partial charge in [-0.3, -0.25) is 0 Å². The van der Waals surface area contributed by atoms with Crippen LogP contribution < -0.4 is 5.73 Å². The van der Waals surface area contributed by atoms with Gasteiger partial charge in [0.05, 0.1) is 12.1 Å². The molecule has 1 aromatic carbocycles. The molecule has 3 rings (SSSR count). The Morgan fingerprint density at radius 1 is 1.22 bits per heavy atom. The number of hydrogen-bond acceptors (Lipinski definition) is 3. The SMILES string of the molecule is NC1C(F)CCOC1CN1CCC[C@@H](Cc2ccc(F)cc2)C1. The average molecular weight is 324 g/mol. The number of benzene rings is 1. The molecule has 2 fully saturated rings. The lowest BCUT2D eigenvalue weighted by Crippen LogP contribution is -2.54. The number of nitrogens with two attached hydrogens (primary N) is 1. The molecule has 2 saturated heterocycles. The highest BCUT2D eigenvalue weighted by Crippen LogP contribution is 2.23. The number of alkyl halides is 1. The lowest BCUT2D eigenvalue weighted by molar-refractivity contribution is -0.0534. The summed E-state index contributed by atoms with van der Waals surface area (Å²) in [6, 6.07) is 6.25. The van der Waals surface area contributed by atoms with Gasteiger partial charge >= 0.3 is 0 Å². The Morgan fingerprint density at radius 2 is 2.00 bits per heavy atom. The third kappa shape index (κ3) is 4.49. The van der Waals surface area contributed by atoms with E-state index in [1.807, 2.05) is 12.1 Å². The van der Waals surface area contributed by atoms with Crippen LogP contribution in [0, 0.1) is 11.7 Å². The van der Waals surface area contributed by atoms with E-state index in [1.165, 1.54) is 24.1 Å². The van der Waals surface area contributed by atoms with Crippen molar-refractivity contribution in [3.8, 4) is 0 Å². The zero-order chi connectivity index (χ0) is 16.2. The summed E-state index contributed by atoms with van der Waals surface area (Å²) in [5.41, 5.74) is 7.12. The van der Waals surface area contributed by atoms with E-state index in [9.17, 15) is 8.78 Å². The molecule has 3 nitrogen and oxygen atoms in total. The highest BCUT2D eigenvalue weighted by Gasteiger charge is 2.33. The van der Waals surface area contributed by atoms with Crippen LogP contribution in [0.5, 0.6) is 0 Å². The van der Waals surface area contributed by atoms with Gasteiger partial charge in [-0.05, 0) is 49.4 Å². The Labute approximate surface area is 136 Å². The number of rotatable bonds is 4. The van der Waals surface area contributed by atoms with Gasteiger partial charge in [-0.1, -0.05) is 12.1 Å². The van der Waals surface area contributed by atoms with Crippen LogP contribution in [0.1, 0.15) is 24.8 Å². The summed E-state index contributed by atoms with van der Waals surface area (Å²) in [7, 11) is 0. The van der Waals surface area contributed by atoms with E-state index in [2.05, 4.69) is 4.90 Å². The first-order valence-corrected chi connectivity index (χ1v) is 8.60. The van der Waals surface area contributed by atoms with Crippen molar-refractivity contribution in [2.45, 2.75) is 44.0 Å². The van der Waals surface area contributed by atoms with E-state index in [-0.39, 0.29) is 11.9 Å². The standard InChI is InChI=1S/C18H26F2N2O/c19-15-5-3-13(4-6-15)10-14-2-1-8-22(11-14)12-17-18(21)16(20)7-9-23-17/h3-6,14,16-18H,1-2,7-12,21H2/t14-,16?,17?,18?/m0/s1. The van der Waals surface area contributed by atoms with Crippen LogP contribution in [0.2, 0.25) is 0 Å². The van der Waals surface area contributed by atoms with Gasteiger partial charge in [-0.2, -0.15) is 0 Å². The molecule has 0 bridgehead atoms. The minimum Gasteiger partial charge on any atom is -0.375 e. The molecule has 2 N–H and O–H groups in total. The monoisotopic (exact) mass is 324 g/mol. The molecule has 0 amide bonds. The van der Waals surface area contributed by atoms with E-state index in [0.717, 1.165) is 25.9 Å². The second-order valence-corrected chi connectivity index (χ2v) is 6.89. The van der Waals surface area contributed by atoms with Gasteiger partial charge in [0, 0.05) is 26.1 Å². The lowest BCUT2D eigenvalue weighted by Gasteiger charge is -2.38. The maximum absolute atomic E-state index is 13.7. The molecule has 0 aromatic heterocycles. The van der Waals surface area contributed by atoms with Crippen LogP contribution in [-0.4, -0.2) is 49.5 Å². The first kappa shape index (κ1) is 16.8. The van der Waals surface area contributed by atoms with Gasteiger partial charge in [0.15, 0.2) is 0 Å². The third-order valence-corrected chi connectivity index (χ3v) is 5.05. The number of halogens is 2. The number of piperidine rings is 1. The molecule has 0 spiro atoms. The molecule has 2 aliphatic rings. The molecule has 1 aromatic rings. The number of likely N-dealkylation sites (tertiary alicyclic amines) is 1. The summed E-state index contributed by atoms with van der Waals surface area (Å²) < 4.78 is 32.4. The van der Waals surface area contributed by atoms with Gasteiger partial charge in [-0.15, -0.1) is 0 Å². The van der Waals surface area contributed by atoms with Crippen molar-refractivity contribution < 1.29 is 13.5 Å². The van der Waals surface area contributed by atoms with Crippen molar-refractivity contribution in [1.29, 1.82) is 0 Å². The van der Waals surface area contributed by atoms with Crippen molar-refractivity contribution in [3.63, 3.8) is 0 Å². The third-order valence-electron chi connectivity index (χ3n) is 5.05. The highest BCUT2D eigenvalue weighted by molar-refractivity contribution is 5.16. The Balaban J connectivity index is 1.52. The molecule has 3 unspecified atom stereocenters. The predicted molar refractivity (Wildman–Crippen MR) is 86.5 cm³/mol.